The number of fused-ring (bicyclic) bond motifs is 1. The molecule has 2 fully saturated rings. The number of piperidine rings is 1. The Hall–Kier alpha value is -0.610. The van der Waals surface area contributed by atoms with E-state index in [1.54, 1.807) is 6.92 Å². The van der Waals surface area contributed by atoms with Gasteiger partial charge in [-0.05, 0) is 64.5 Å². The lowest BCUT2D eigenvalue weighted by atomic mass is 9.91. The van der Waals surface area contributed by atoms with Crippen LogP contribution in [0.5, 0.6) is 0 Å². The molecule has 4 nitrogen and oxygen atoms in total. The van der Waals surface area contributed by atoms with Crippen LogP contribution in [-0.4, -0.2) is 42.6 Å². The van der Waals surface area contributed by atoms with Crippen LogP contribution < -0.4 is 5.73 Å². The second kappa shape index (κ2) is 6.23. The van der Waals surface area contributed by atoms with E-state index in [4.69, 9.17) is 10.5 Å². The normalized spacial score (nSPS) is 30.7. The number of hydrogen-bond acceptors (Lipinski definition) is 4. The van der Waals surface area contributed by atoms with E-state index in [2.05, 4.69) is 4.90 Å². The van der Waals surface area contributed by atoms with Crippen LogP contribution in [0.4, 0.5) is 0 Å². The molecule has 2 rings (SSSR count). The minimum absolute atomic E-state index is 0.301. The first-order valence-corrected chi connectivity index (χ1v) is 7.66. The molecular weight excluding hydrogens is 240 g/mol. The number of esters is 1. The van der Waals surface area contributed by atoms with E-state index >= 15 is 0 Å². The number of hydrogen-bond donors (Lipinski definition) is 1. The number of likely N-dealkylation sites (tertiary alicyclic amines) is 1. The molecule has 0 spiro atoms. The Labute approximate surface area is 116 Å². The van der Waals surface area contributed by atoms with Crippen molar-refractivity contribution in [3.63, 3.8) is 0 Å². The minimum Gasteiger partial charge on any atom is -0.468 e. The summed E-state index contributed by atoms with van der Waals surface area (Å²) in [6.07, 6.45) is 8.59. The third kappa shape index (κ3) is 3.48. The van der Waals surface area contributed by atoms with Crippen molar-refractivity contribution >= 4 is 5.97 Å². The summed E-state index contributed by atoms with van der Waals surface area (Å²) >= 11 is 0. The zero-order valence-corrected chi connectivity index (χ0v) is 12.4. The standard InChI is InChI=1S/C15H28N2O2/c1-15(16,14(18)19-2)9-5-11-17-10-4-7-12-6-3-8-13(12)17/h12-13H,3-11,16H2,1-2H3. The van der Waals surface area contributed by atoms with Crippen molar-refractivity contribution in [3.8, 4) is 0 Å². The van der Waals surface area contributed by atoms with Gasteiger partial charge in [0, 0.05) is 6.04 Å². The van der Waals surface area contributed by atoms with E-state index < -0.39 is 5.54 Å². The van der Waals surface area contributed by atoms with Crippen molar-refractivity contribution in [2.24, 2.45) is 11.7 Å². The molecule has 0 aromatic rings. The number of carbonyl (C=O) groups is 1. The smallest absolute Gasteiger partial charge is 0.325 e. The Morgan fingerprint density at radius 2 is 2.11 bits per heavy atom. The monoisotopic (exact) mass is 268 g/mol. The largest absolute Gasteiger partial charge is 0.468 e. The maximum atomic E-state index is 11.5. The van der Waals surface area contributed by atoms with Crippen molar-refractivity contribution in [3.05, 3.63) is 0 Å². The molecule has 0 aromatic heterocycles. The highest BCUT2D eigenvalue weighted by atomic mass is 16.5. The predicted octanol–water partition coefficient (Wildman–Crippen LogP) is 1.92. The average Bonchev–Trinajstić information content (AvgIpc) is 2.86. The van der Waals surface area contributed by atoms with Crippen LogP contribution in [0.25, 0.3) is 0 Å². The van der Waals surface area contributed by atoms with Gasteiger partial charge in [0.1, 0.15) is 5.54 Å². The summed E-state index contributed by atoms with van der Waals surface area (Å²) in [5, 5.41) is 0. The van der Waals surface area contributed by atoms with E-state index in [1.807, 2.05) is 0 Å². The van der Waals surface area contributed by atoms with Gasteiger partial charge in [-0.2, -0.15) is 0 Å². The van der Waals surface area contributed by atoms with Crippen molar-refractivity contribution in [2.75, 3.05) is 20.2 Å². The number of carbonyl (C=O) groups excluding carboxylic acids is 1. The second-order valence-corrected chi connectivity index (χ2v) is 6.45. The van der Waals surface area contributed by atoms with Gasteiger partial charge in [-0.25, -0.2) is 0 Å². The van der Waals surface area contributed by atoms with E-state index in [9.17, 15) is 4.79 Å². The van der Waals surface area contributed by atoms with Gasteiger partial charge in [-0.15, -0.1) is 0 Å². The maximum absolute atomic E-state index is 11.5. The molecule has 1 aliphatic carbocycles. The first kappa shape index (κ1) is 14.8. The number of nitrogens with two attached hydrogens (primary N) is 1. The molecule has 1 aliphatic heterocycles. The maximum Gasteiger partial charge on any atom is 0.325 e. The predicted molar refractivity (Wildman–Crippen MR) is 75.8 cm³/mol. The van der Waals surface area contributed by atoms with Crippen LogP contribution in [-0.2, 0) is 9.53 Å². The Morgan fingerprint density at radius 3 is 2.84 bits per heavy atom. The van der Waals surface area contributed by atoms with E-state index in [0.29, 0.717) is 6.42 Å². The lowest BCUT2D eigenvalue weighted by Crippen LogP contribution is -2.47. The molecule has 1 heterocycles. The molecule has 0 amide bonds. The van der Waals surface area contributed by atoms with Crippen LogP contribution in [0.1, 0.15) is 51.9 Å². The number of methoxy groups -OCH3 is 1. The zero-order valence-electron chi connectivity index (χ0n) is 12.4. The van der Waals surface area contributed by atoms with Gasteiger partial charge < -0.3 is 15.4 Å². The second-order valence-electron chi connectivity index (χ2n) is 6.45. The molecular formula is C15H28N2O2. The van der Waals surface area contributed by atoms with Crippen molar-refractivity contribution < 1.29 is 9.53 Å². The quantitative estimate of drug-likeness (QED) is 0.774. The molecule has 19 heavy (non-hydrogen) atoms. The highest BCUT2D eigenvalue weighted by molar-refractivity contribution is 5.79. The summed E-state index contributed by atoms with van der Waals surface area (Å²) in [6, 6.07) is 0.802. The molecule has 3 unspecified atom stereocenters. The van der Waals surface area contributed by atoms with Gasteiger partial charge in [-0.1, -0.05) is 6.42 Å². The highest BCUT2D eigenvalue weighted by Crippen LogP contribution is 2.36. The van der Waals surface area contributed by atoms with Crippen LogP contribution in [0.15, 0.2) is 0 Å². The third-order valence-electron chi connectivity index (χ3n) is 4.90. The minimum atomic E-state index is -0.834. The summed E-state index contributed by atoms with van der Waals surface area (Å²) < 4.78 is 4.75. The van der Waals surface area contributed by atoms with E-state index in [-0.39, 0.29) is 5.97 Å². The van der Waals surface area contributed by atoms with E-state index in [0.717, 1.165) is 24.9 Å². The fourth-order valence-corrected chi connectivity index (χ4v) is 3.82. The Morgan fingerprint density at radius 1 is 1.37 bits per heavy atom. The molecule has 2 N–H and O–H groups in total. The van der Waals surface area contributed by atoms with Gasteiger partial charge in [0.05, 0.1) is 7.11 Å². The average molecular weight is 268 g/mol. The van der Waals surface area contributed by atoms with Crippen molar-refractivity contribution in [1.82, 2.24) is 4.90 Å². The SMILES string of the molecule is COC(=O)C(C)(N)CCCN1CCCC2CCCC21. The summed E-state index contributed by atoms with van der Waals surface area (Å²) in [7, 11) is 1.40. The molecule has 1 saturated heterocycles. The molecule has 4 heteroatoms. The van der Waals surface area contributed by atoms with Crippen LogP contribution in [0, 0.1) is 5.92 Å². The van der Waals surface area contributed by atoms with Gasteiger partial charge >= 0.3 is 5.97 Å². The van der Waals surface area contributed by atoms with Gasteiger partial charge in [0.25, 0.3) is 0 Å². The van der Waals surface area contributed by atoms with E-state index in [1.165, 1.54) is 45.8 Å². The van der Waals surface area contributed by atoms with Gasteiger partial charge in [0.15, 0.2) is 0 Å². The summed E-state index contributed by atoms with van der Waals surface area (Å²) in [5.41, 5.74) is 5.17. The molecule has 110 valence electrons. The first-order valence-electron chi connectivity index (χ1n) is 7.66. The van der Waals surface area contributed by atoms with Crippen LogP contribution in [0.2, 0.25) is 0 Å². The summed E-state index contributed by atoms with van der Waals surface area (Å²) in [5.74, 6) is 0.628. The lowest BCUT2D eigenvalue weighted by Gasteiger charge is -2.38. The molecule has 0 radical (unpaired) electrons. The number of rotatable bonds is 5. The topological polar surface area (TPSA) is 55.6 Å². The zero-order chi connectivity index (χ0) is 13.9. The fraction of sp³-hybridized carbons (Fsp3) is 0.933. The summed E-state index contributed by atoms with van der Waals surface area (Å²) in [4.78, 5) is 14.2. The third-order valence-corrected chi connectivity index (χ3v) is 4.90. The molecule has 2 aliphatic rings. The highest BCUT2D eigenvalue weighted by Gasteiger charge is 2.35. The fourth-order valence-electron chi connectivity index (χ4n) is 3.82. The molecule has 0 bridgehead atoms. The lowest BCUT2D eigenvalue weighted by molar-refractivity contribution is -0.146. The summed E-state index contributed by atoms with van der Waals surface area (Å²) in [6.45, 7) is 4.07. The van der Waals surface area contributed by atoms with Crippen LogP contribution >= 0.6 is 0 Å². The Kier molecular flexibility index (Phi) is 4.85. The van der Waals surface area contributed by atoms with Gasteiger partial charge in [0.2, 0.25) is 0 Å². The molecule has 0 aromatic carbocycles. The molecule has 3 atom stereocenters. The first-order chi connectivity index (χ1) is 9.04. The number of nitrogens with zero attached hydrogens (tertiary/aromatic N) is 1. The van der Waals surface area contributed by atoms with Gasteiger partial charge in [-0.3, -0.25) is 4.79 Å². The molecule has 1 saturated carbocycles. The Balaban J connectivity index is 1.77. The van der Waals surface area contributed by atoms with Crippen molar-refractivity contribution in [1.29, 1.82) is 0 Å². The Bertz CT molecular complexity index is 317. The number of ether oxygens (including phenoxy) is 1. The van der Waals surface area contributed by atoms with Crippen LogP contribution in [0.3, 0.4) is 0 Å². The van der Waals surface area contributed by atoms with Crippen molar-refractivity contribution in [2.45, 2.75) is 63.5 Å².